The zero-order chi connectivity index (χ0) is 23.9. The lowest BCUT2D eigenvalue weighted by atomic mass is 10.1. The van der Waals surface area contributed by atoms with Crippen LogP contribution in [0.2, 0.25) is 5.02 Å². The van der Waals surface area contributed by atoms with Crippen LogP contribution in [0.1, 0.15) is 10.4 Å². The summed E-state index contributed by atoms with van der Waals surface area (Å²) >= 11 is 7.92. The molecule has 0 N–H and O–H groups in total. The molecule has 1 amide bonds. The molecule has 1 aliphatic rings. The summed E-state index contributed by atoms with van der Waals surface area (Å²) in [5, 5.41) is 12.7. The van der Waals surface area contributed by atoms with Gasteiger partial charge in [-0.3, -0.25) is 4.79 Å². The van der Waals surface area contributed by atoms with Gasteiger partial charge < -0.3 is 9.80 Å². The van der Waals surface area contributed by atoms with Gasteiger partial charge in [-0.05, 0) is 42.6 Å². The van der Waals surface area contributed by atoms with Crippen LogP contribution >= 0.6 is 22.9 Å². The molecule has 9 heteroatoms. The molecule has 4 heterocycles. The van der Waals surface area contributed by atoms with Crippen LogP contribution in [0, 0.1) is 6.92 Å². The van der Waals surface area contributed by atoms with Gasteiger partial charge in [0.15, 0.2) is 11.5 Å². The average molecular weight is 503 g/mol. The summed E-state index contributed by atoms with van der Waals surface area (Å²) in [6.07, 6.45) is 0.456. The van der Waals surface area contributed by atoms with Gasteiger partial charge in [0.05, 0.1) is 11.9 Å². The topological polar surface area (TPSA) is 66.6 Å². The van der Waals surface area contributed by atoms with Gasteiger partial charge in [0, 0.05) is 47.0 Å². The molecule has 3 aromatic heterocycles. The van der Waals surface area contributed by atoms with Crippen molar-refractivity contribution in [2.75, 3.05) is 31.1 Å². The number of piperazine rings is 1. The van der Waals surface area contributed by atoms with Crippen LogP contribution in [-0.2, 0) is 11.2 Å². The third-order valence-corrected chi connectivity index (χ3v) is 7.49. The number of anilines is 1. The molecule has 2 aromatic carbocycles. The minimum absolute atomic E-state index is 0.167. The molecule has 0 aliphatic carbocycles. The predicted octanol–water partition coefficient (Wildman–Crippen LogP) is 4.86. The maximum atomic E-state index is 12.8. The third-order valence-electron chi connectivity index (χ3n) is 6.38. The van der Waals surface area contributed by atoms with Crippen LogP contribution < -0.4 is 4.90 Å². The van der Waals surface area contributed by atoms with E-state index in [0.29, 0.717) is 37.6 Å². The Morgan fingerprint density at radius 2 is 1.89 bits per heavy atom. The summed E-state index contributed by atoms with van der Waals surface area (Å²) in [5.41, 5.74) is 3.66. The Morgan fingerprint density at radius 1 is 1.03 bits per heavy atom. The van der Waals surface area contributed by atoms with Crippen molar-refractivity contribution in [3.8, 4) is 11.4 Å². The number of benzene rings is 2. The Bertz CT molecular complexity index is 1540. The van der Waals surface area contributed by atoms with Gasteiger partial charge in [-0.25, -0.2) is 9.38 Å². The lowest BCUT2D eigenvalue weighted by molar-refractivity contribution is -0.130. The number of hydrogen-bond donors (Lipinski definition) is 0. The fourth-order valence-electron chi connectivity index (χ4n) is 4.61. The fraction of sp³-hybridized carbons (Fsp3) is 0.231. The van der Waals surface area contributed by atoms with Crippen LogP contribution in [0.25, 0.3) is 27.9 Å². The Morgan fingerprint density at radius 3 is 2.66 bits per heavy atom. The van der Waals surface area contributed by atoms with E-state index in [1.54, 1.807) is 11.3 Å². The van der Waals surface area contributed by atoms with Crippen LogP contribution in [-0.4, -0.2) is 56.6 Å². The van der Waals surface area contributed by atoms with Crippen molar-refractivity contribution in [1.29, 1.82) is 0 Å². The highest BCUT2D eigenvalue weighted by Crippen LogP contribution is 2.30. The minimum atomic E-state index is 0.167. The van der Waals surface area contributed by atoms with Gasteiger partial charge in [-0.1, -0.05) is 41.4 Å². The van der Waals surface area contributed by atoms with Gasteiger partial charge in [0.1, 0.15) is 0 Å². The lowest BCUT2D eigenvalue weighted by Crippen LogP contribution is -2.49. The van der Waals surface area contributed by atoms with E-state index in [-0.39, 0.29) is 5.91 Å². The van der Waals surface area contributed by atoms with Gasteiger partial charge in [0.2, 0.25) is 11.9 Å². The van der Waals surface area contributed by atoms with Crippen molar-refractivity contribution >= 4 is 51.3 Å². The molecule has 1 fully saturated rings. The molecule has 1 saturated heterocycles. The van der Waals surface area contributed by atoms with E-state index in [9.17, 15) is 4.79 Å². The highest BCUT2D eigenvalue weighted by molar-refractivity contribution is 7.10. The number of carbonyl (C=O) groups excluding carboxylic acids is 1. The van der Waals surface area contributed by atoms with Crippen LogP contribution in [0.4, 0.5) is 5.95 Å². The number of halogens is 1. The highest BCUT2D eigenvalue weighted by atomic mass is 35.5. The molecule has 7 nitrogen and oxygen atoms in total. The van der Waals surface area contributed by atoms with Crippen LogP contribution in [0.5, 0.6) is 0 Å². The first-order valence-corrected chi connectivity index (χ1v) is 12.8. The number of aryl methyl sites for hydroxylation is 1. The lowest BCUT2D eigenvalue weighted by Gasteiger charge is -2.35. The molecular formula is C26H23ClN6OS. The number of hydrogen-bond acceptors (Lipinski definition) is 6. The molecule has 0 saturated carbocycles. The molecule has 1 aliphatic heterocycles. The van der Waals surface area contributed by atoms with Crippen molar-refractivity contribution in [3.05, 3.63) is 75.4 Å². The Kier molecular flexibility index (Phi) is 5.62. The standard InChI is InChI=1S/C26H23ClN6OS/c1-17-4-2-5-18(14-17)24-29-30-25-21-8-7-19(27)15-22(21)28-26(33(24)25)32-11-9-31(10-12-32)23(34)16-20-6-3-13-35-20/h2-8,13-15H,9-12,16H2,1H3. The zero-order valence-electron chi connectivity index (χ0n) is 19.2. The van der Waals surface area contributed by atoms with E-state index in [2.05, 4.69) is 34.2 Å². The number of aromatic nitrogens is 4. The van der Waals surface area contributed by atoms with E-state index in [0.717, 1.165) is 44.3 Å². The first-order chi connectivity index (χ1) is 17.1. The predicted molar refractivity (Wildman–Crippen MR) is 140 cm³/mol. The number of carbonyl (C=O) groups is 1. The second-order valence-electron chi connectivity index (χ2n) is 8.75. The summed E-state index contributed by atoms with van der Waals surface area (Å²) in [6, 6.07) is 17.9. The molecule has 0 atom stereocenters. The molecule has 0 bridgehead atoms. The molecule has 0 unspecified atom stereocenters. The Balaban J connectivity index is 1.38. The summed E-state index contributed by atoms with van der Waals surface area (Å²) in [4.78, 5) is 23.1. The molecule has 35 heavy (non-hydrogen) atoms. The normalized spacial score (nSPS) is 14.2. The van der Waals surface area contributed by atoms with Crippen molar-refractivity contribution in [1.82, 2.24) is 24.5 Å². The van der Waals surface area contributed by atoms with Crippen LogP contribution in [0.15, 0.2) is 60.0 Å². The monoisotopic (exact) mass is 502 g/mol. The van der Waals surface area contributed by atoms with Crippen molar-refractivity contribution in [3.63, 3.8) is 0 Å². The van der Waals surface area contributed by atoms with E-state index in [1.807, 2.05) is 57.1 Å². The van der Waals surface area contributed by atoms with Crippen molar-refractivity contribution in [2.24, 2.45) is 0 Å². The van der Waals surface area contributed by atoms with Gasteiger partial charge >= 0.3 is 0 Å². The third kappa shape index (κ3) is 4.13. The molecule has 0 spiro atoms. The smallest absolute Gasteiger partial charge is 0.227 e. The fourth-order valence-corrected chi connectivity index (χ4v) is 5.47. The van der Waals surface area contributed by atoms with E-state index in [1.165, 1.54) is 0 Å². The van der Waals surface area contributed by atoms with Crippen molar-refractivity contribution < 1.29 is 4.79 Å². The maximum absolute atomic E-state index is 12.8. The average Bonchev–Trinajstić information content (AvgIpc) is 3.54. The Labute approximate surface area is 211 Å². The number of nitrogens with zero attached hydrogens (tertiary/aromatic N) is 6. The number of amides is 1. The van der Waals surface area contributed by atoms with E-state index in [4.69, 9.17) is 16.6 Å². The summed E-state index contributed by atoms with van der Waals surface area (Å²) < 4.78 is 2.04. The first kappa shape index (κ1) is 22.0. The van der Waals surface area contributed by atoms with E-state index >= 15 is 0 Å². The summed E-state index contributed by atoms with van der Waals surface area (Å²) in [5.74, 6) is 1.68. The minimum Gasteiger partial charge on any atom is -0.339 e. The second kappa shape index (κ2) is 8.94. The summed E-state index contributed by atoms with van der Waals surface area (Å²) in [7, 11) is 0. The number of fused-ring (bicyclic) bond motifs is 3. The molecule has 5 aromatic rings. The summed E-state index contributed by atoms with van der Waals surface area (Å²) in [6.45, 7) is 4.70. The van der Waals surface area contributed by atoms with E-state index < -0.39 is 0 Å². The van der Waals surface area contributed by atoms with Gasteiger partial charge in [-0.2, -0.15) is 0 Å². The van der Waals surface area contributed by atoms with Gasteiger partial charge in [0.25, 0.3) is 0 Å². The Hall–Kier alpha value is -3.49. The zero-order valence-corrected chi connectivity index (χ0v) is 20.8. The highest BCUT2D eigenvalue weighted by Gasteiger charge is 2.26. The largest absolute Gasteiger partial charge is 0.339 e. The molecular weight excluding hydrogens is 480 g/mol. The first-order valence-electron chi connectivity index (χ1n) is 11.5. The SMILES string of the molecule is Cc1cccc(-c2nnc3c4ccc(Cl)cc4nc(N4CCN(C(=O)Cc5cccs5)CC4)n23)c1. The maximum Gasteiger partial charge on any atom is 0.227 e. The van der Waals surface area contributed by atoms with Crippen molar-refractivity contribution in [2.45, 2.75) is 13.3 Å². The second-order valence-corrected chi connectivity index (χ2v) is 10.2. The molecule has 6 rings (SSSR count). The quantitative estimate of drug-likeness (QED) is 0.351. The number of rotatable bonds is 4. The molecule has 0 radical (unpaired) electrons. The molecule has 176 valence electrons. The van der Waals surface area contributed by atoms with Gasteiger partial charge in [-0.15, -0.1) is 21.5 Å². The van der Waals surface area contributed by atoms with Crippen LogP contribution in [0.3, 0.4) is 0 Å². The number of thiophene rings is 1.